The summed E-state index contributed by atoms with van der Waals surface area (Å²) in [5.74, 6) is 0.768. The normalized spacial score (nSPS) is 15.6. The molecule has 130 valence electrons. The average Bonchev–Trinajstić information content (AvgIpc) is 3.04. The molecule has 2 nitrogen and oxygen atoms in total. The van der Waals surface area contributed by atoms with E-state index in [-0.39, 0.29) is 5.54 Å². The summed E-state index contributed by atoms with van der Waals surface area (Å²) in [6, 6.07) is 30.0. The first-order chi connectivity index (χ1) is 12.6. The molecule has 3 aromatic rings. The zero-order valence-corrected chi connectivity index (χ0v) is 16.0. The van der Waals surface area contributed by atoms with Crippen LogP contribution in [0.2, 0.25) is 0 Å². The molecule has 0 amide bonds. The Morgan fingerprint density at radius 1 is 0.769 bits per heavy atom. The van der Waals surface area contributed by atoms with Crippen LogP contribution in [0.15, 0.2) is 89.9 Å². The number of aliphatic imine (C=N–C) groups is 1. The molecule has 1 aliphatic heterocycles. The molecule has 0 saturated heterocycles. The Morgan fingerprint density at radius 2 is 1.31 bits per heavy atom. The fraction of sp³-hybridized carbons (Fsp3) is 0.174. The topological polar surface area (TPSA) is 21.6 Å². The van der Waals surface area contributed by atoms with E-state index in [2.05, 4.69) is 98.8 Å². The van der Waals surface area contributed by atoms with Crippen molar-refractivity contribution < 1.29 is 4.74 Å². The van der Waals surface area contributed by atoms with Crippen LogP contribution in [0.4, 0.5) is 0 Å². The van der Waals surface area contributed by atoms with E-state index in [1.165, 1.54) is 15.9 Å². The highest BCUT2D eigenvalue weighted by Crippen LogP contribution is 2.35. The van der Waals surface area contributed by atoms with Gasteiger partial charge in [0.15, 0.2) is 0 Å². The predicted molar refractivity (Wildman–Crippen MR) is 112 cm³/mol. The number of rotatable bonds is 4. The Kier molecular flexibility index (Phi) is 4.61. The maximum Gasteiger partial charge on any atom is 0.217 e. The molecule has 0 radical (unpaired) electrons. The minimum atomic E-state index is -0.675. The van der Waals surface area contributed by atoms with Crippen LogP contribution in [-0.4, -0.2) is 18.0 Å². The highest BCUT2D eigenvalue weighted by molar-refractivity contribution is 7.80. The average molecular weight is 359 g/mol. The lowest BCUT2D eigenvalue weighted by atomic mass is 10.1. The van der Waals surface area contributed by atoms with E-state index in [0.717, 1.165) is 11.5 Å². The third-order valence-corrected chi connectivity index (χ3v) is 6.87. The largest absolute Gasteiger partial charge is 0.475 e. The second kappa shape index (κ2) is 7.05. The molecule has 0 spiro atoms. The summed E-state index contributed by atoms with van der Waals surface area (Å²) < 4.78 is 5.98. The van der Waals surface area contributed by atoms with Crippen molar-refractivity contribution in [2.75, 3.05) is 6.61 Å². The van der Waals surface area contributed by atoms with E-state index < -0.39 is 7.92 Å². The Morgan fingerprint density at radius 3 is 1.85 bits per heavy atom. The van der Waals surface area contributed by atoms with Gasteiger partial charge >= 0.3 is 0 Å². The number of hydrogen-bond acceptors (Lipinski definition) is 2. The standard InChI is InChI=1S/C23H22NOP/c1-23(2)17-25-22(24-23)20-15-9-10-16-21(20)26(18-11-5-3-6-12-18)19-13-7-4-8-14-19/h3-16H,17H2,1-2H3. The van der Waals surface area contributed by atoms with Gasteiger partial charge in [-0.1, -0.05) is 78.9 Å². The highest BCUT2D eigenvalue weighted by Gasteiger charge is 2.30. The lowest BCUT2D eigenvalue weighted by molar-refractivity contribution is 0.279. The number of ether oxygens (including phenoxy) is 1. The van der Waals surface area contributed by atoms with Crippen LogP contribution in [0.25, 0.3) is 0 Å². The fourth-order valence-corrected chi connectivity index (χ4v) is 5.59. The fourth-order valence-electron chi connectivity index (χ4n) is 3.15. The zero-order chi connectivity index (χ0) is 18.0. The lowest BCUT2D eigenvalue weighted by Crippen LogP contribution is -2.25. The quantitative estimate of drug-likeness (QED) is 0.645. The third kappa shape index (κ3) is 3.43. The summed E-state index contributed by atoms with van der Waals surface area (Å²) >= 11 is 0. The second-order valence-electron chi connectivity index (χ2n) is 7.04. The Hall–Kier alpha value is -2.44. The first kappa shape index (κ1) is 17.0. The van der Waals surface area contributed by atoms with E-state index in [0.29, 0.717) is 6.61 Å². The van der Waals surface area contributed by atoms with E-state index >= 15 is 0 Å². The summed E-state index contributed by atoms with van der Waals surface area (Å²) in [5.41, 5.74) is 0.946. The molecule has 0 bridgehead atoms. The van der Waals surface area contributed by atoms with Crippen molar-refractivity contribution in [2.45, 2.75) is 19.4 Å². The van der Waals surface area contributed by atoms with Crippen LogP contribution in [0.1, 0.15) is 19.4 Å². The molecular formula is C23H22NOP. The van der Waals surface area contributed by atoms with Crippen LogP contribution in [-0.2, 0) is 4.74 Å². The van der Waals surface area contributed by atoms with Crippen molar-refractivity contribution in [1.29, 1.82) is 0 Å². The molecule has 0 N–H and O–H groups in total. The molecular weight excluding hydrogens is 337 g/mol. The minimum Gasteiger partial charge on any atom is -0.475 e. The first-order valence-corrected chi connectivity index (χ1v) is 10.2. The van der Waals surface area contributed by atoms with Gasteiger partial charge in [-0.15, -0.1) is 0 Å². The van der Waals surface area contributed by atoms with Crippen molar-refractivity contribution in [1.82, 2.24) is 0 Å². The monoisotopic (exact) mass is 359 g/mol. The lowest BCUT2D eigenvalue weighted by Gasteiger charge is -2.22. The van der Waals surface area contributed by atoms with Gasteiger partial charge in [-0.3, -0.25) is 0 Å². The number of hydrogen-bond donors (Lipinski definition) is 0. The van der Waals surface area contributed by atoms with E-state index in [4.69, 9.17) is 9.73 Å². The zero-order valence-electron chi connectivity index (χ0n) is 15.1. The van der Waals surface area contributed by atoms with Gasteiger partial charge in [-0.25, -0.2) is 4.99 Å². The molecule has 3 aromatic carbocycles. The molecule has 4 rings (SSSR count). The first-order valence-electron chi connectivity index (χ1n) is 8.86. The van der Waals surface area contributed by atoms with Crippen LogP contribution in [0.5, 0.6) is 0 Å². The smallest absolute Gasteiger partial charge is 0.217 e. The van der Waals surface area contributed by atoms with Gasteiger partial charge in [0.25, 0.3) is 0 Å². The maximum atomic E-state index is 5.98. The molecule has 0 atom stereocenters. The molecule has 1 aliphatic rings. The SMILES string of the molecule is CC1(C)COC(c2ccccc2P(c2ccccc2)c2ccccc2)=N1. The Bertz CT molecular complexity index is 880. The summed E-state index contributed by atoms with van der Waals surface area (Å²) in [5, 5.41) is 3.95. The minimum absolute atomic E-state index is 0.162. The molecule has 0 aliphatic carbocycles. The van der Waals surface area contributed by atoms with Crippen LogP contribution >= 0.6 is 7.92 Å². The summed E-state index contributed by atoms with van der Waals surface area (Å²) in [4.78, 5) is 4.83. The highest BCUT2D eigenvalue weighted by atomic mass is 31.1. The van der Waals surface area contributed by atoms with Gasteiger partial charge in [0.1, 0.15) is 6.61 Å². The van der Waals surface area contributed by atoms with Crippen LogP contribution in [0.3, 0.4) is 0 Å². The Labute approximate surface area is 156 Å². The van der Waals surface area contributed by atoms with E-state index in [1.54, 1.807) is 0 Å². The third-order valence-electron chi connectivity index (χ3n) is 4.37. The van der Waals surface area contributed by atoms with E-state index in [9.17, 15) is 0 Å². The molecule has 0 saturated carbocycles. The predicted octanol–water partition coefficient (Wildman–Crippen LogP) is 4.00. The maximum absolute atomic E-state index is 5.98. The van der Waals surface area contributed by atoms with Crippen molar-refractivity contribution in [3.05, 3.63) is 90.5 Å². The van der Waals surface area contributed by atoms with Gasteiger partial charge in [-0.2, -0.15) is 0 Å². The molecule has 0 aromatic heterocycles. The van der Waals surface area contributed by atoms with Crippen molar-refractivity contribution in [3.8, 4) is 0 Å². The summed E-state index contributed by atoms with van der Waals surface area (Å²) in [7, 11) is -0.675. The van der Waals surface area contributed by atoms with Gasteiger partial charge in [0.05, 0.1) is 5.54 Å². The molecule has 26 heavy (non-hydrogen) atoms. The van der Waals surface area contributed by atoms with Crippen molar-refractivity contribution in [2.24, 2.45) is 4.99 Å². The van der Waals surface area contributed by atoms with E-state index in [1.807, 2.05) is 0 Å². The van der Waals surface area contributed by atoms with Gasteiger partial charge in [0.2, 0.25) is 5.90 Å². The number of nitrogens with zero attached hydrogens (tertiary/aromatic N) is 1. The van der Waals surface area contributed by atoms with Crippen LogP contribution < -0.4 is 15.9 Å². The van der Waals surface area contributed by atoms with Gasteiger partial charge in [0, 0.05) is 5.56 Å². The molecule has 0 fully saturated rings. The Balaban J connectivity index is 1.88. The summed E-state index contributed by atoms with van der Waals surface area (Å²) in [6.45, 7) is 4.85. The summed E-state index contributed by atoms with van der Waals surface area (Å²) in [6.07, 6.45) is 0. The van der Waals surface area contributed by atoms with Crippen molar-refractivity contribution in [3.63, 3.8) is 0 Å². The van der Waals surface area contributed by atoms with Crippen molar-refractivity contribution >= 4 is 29.7 Å². The van der Waals surface area contributed by atoms with Gasteiger partial charge < -0.3 is 4.74 Å². The van der Waals surface area contributed by atoms with Crippen LogP contribution in [0, 0.1) is 0 Å². The molecule has 3 heteroatoms. The second-order valence-corrected chi connectivity index (χ2v) is 9.23. The molecule has 0 unspecified atom stereocenters. The number of benzene rings is 3. The van der Waals surface area contributed by atoms with Gasteiger partial charge in [-0.05, 0) is 43.7 Å². The molecule has 1 heterocycles.